The zero-order valence-electron chi connectivity index (χ0n) is 11.3. The minimum Gasteiger partial charge on any atom is -0.292 e. The van der Waals surface area contributed by atoms with Crippen LogP contribution in [0.1, 0.15) is 42.0 Å². The Morgan fingerprint density at radius 2 is 2.11 bits per heavy atom. The van der Waals surface area contributed by atoms with Crippen molar-refractivity contribution >= 4 is 21.7 Å². The number of carbonyl (C=O) groups is 1. The summed E-state index contributed by atoms with van der Waals surface area (Å²) in [7, 11) is 0. The van der Waals surface area contributed by atoms with Gasteiger partial charge in [0.25, 0.3) is 0 Å². The van der Waals surface area contributed by atoms with E-state index in [1.54, 1.807) is 4.68 Å². The summed E-state index contributed by atoms with van der Waals surface area (Å²) in [6.07, 6.45) is 1.17. The molecule has 0 saturated carbocycles. The quantitative estimate of drug-likeness (QED) is 0.810. The van der Waals surface area contributed by atoms with Gasteiger partial charge in [-0.15, -0.1) is 5.10 Å². The van der Waals surface area contributed by atoms with E-state index in [4.69, 9.17) is 0 Å². The van der Waals surface area contributed by atoms with E-state index in [0.717, 1.165) is 27.8 Å². The number of benzene rings is 1. The summed E-state index contributed by atoms with van der Waals surface area (Å²) in [5, 5.41) is 8.17. The predicted molar refractivity (Wildman–Crippen MR) is 77.8 cm³/mol. The normalized spacial score (nSPS) is 10.7. The molecule has 0 atom stereocenters. The van der Waals surface area contributed by atoms with Gasteiger partial charge in [0.05, 0.1) is 11.4 Å². The molecule has 1 aromatic carbocycles. The van der Waals surface area contributed by atoms with Gasteiger partial charge in [-0.25, -0.2) is 4.68 Å². The summed E-state index contributed by atoms with van der Waals surface area (Å²) in [4.78, 5) is 11.8. The second-order valence-corrected chi connectivity index (χ2v) is 5.21. The van der Waals surface area contributed by atoms with Crippen molar-refractivity contribution in [1.82, 2.24) is 15.0 Å². The third-order valence-electron chi connectivity index (χ3n) is 3.07. The summed E-state index contributed by atoms with van der Waals surface area (Å²) in [5.74, 6) is 0.0388. The predicted octanol–water partition coefficient (Wildman–Crippen LogP) is 3.49. The molecule has 100 valence electrons. The Labute approximate surface area is 121 Å². The fraction of sp³-hybridized carbons (Fsp3) is 0.357. The first-order chi connectivity index (χ1) is 9.08. The number of ketones is 1. The fourth-order valence-electron chi connectivity index (χ4n) is 1.97. The highest BCUT2D eigenvalue weighted by Gasteiger charge is 2.17. The van der Waals surface area contributed by atoms with Crippen molar-refractivity contribution in [3.8, 4) is 5.69 Å². The summed E-state index contributed by atoms with van der Waals surface area (Å²) in [6, 6.07) is 5.97. The lowest BCUT2D eigenvalue weighted by molar-refractivity contribution is 0.0982. The average Bonchev–Trinajstić information content (AvgIpc) is 2.84. The molecule has 2 aromatic rings. The van der Waals surface area contributed by atoms with Gasteiger partial charge in [-0.1, -0.05) is 35.0 Å². The van der Waals surface area contributed by atoms with Crippen LogP contribution in [0, 0.1) is 6.92 Å². The molecule has 0 amide bonds. The van der Waals surface area contributed by atoms with Gasteiger partial charge >= 0.3 is 0 Å². The number of hydrogen-bond acceptors (Lipinski definition) is 3. The van der Waals surface area contributed by atoms with Gasteiger partial charge in [-0.3, -0.25) is 4.79 Å². The van der Waals surface area contributed by atoms with Crippen molar-refractivity contribution in [2.75, 3.05) is 0 Å². The molecule has 0 fully saturated rings. The zero-order valence-corrected chi connectivity index (χ0v) is 12.9. The summed E-state index contributed by atoms with van der Waals surface area (Å²) >= 11 is 3.48. The van der Waals surface area contributed by atoms with Crippen LogP contribution < -0.4 is 0 Å². The number of aryl methyl sites for hydroxylation is 1. The highest BCUT2D eigenvalue weighted by atomic mass is 79.9. The Kier molecular flexibility index (Phi) is 4.14. The lowest BCUT2D eigenvalue weighted by atomic mass is 10.1. The van der Waals surface area contributed by atoms with E-state index in [0.29, 0.717) is 12.1 Å². The lowest BCUT2D eigenvalue weighted by Crippen LogP contribution is -2.06. The van der Waals surface area contributed by atoms with E-state index < -0.39 is 0 Å². The van der Waals surface area contributed by atoms with Crippen LogP contribution in [0.25, 0.3) is 5.69 Å². The topological polar surface area (TPSA) is 47.8 Å². The van der Waals surface area contributed by atoms with E-state index in [-0.39, 0.29) is 5.78 Å². The molecule has 4 nitrogen and oxygen atoms in total. The smallest absolute Gasteiger partial charge is 0.184 e. The zero-order chi connectivity index (χ0) is 14.0. The van der Waals surface area contributed by atoms with Crippen LogP contribution >= 0.6 is 15.9 Å². The highest BCUT2D eigenvalue weighted by molar-refractivity contribution is 9.10. The van der Waals surface area contributed by atoms with Crippen LogP contribution in [0.15, 0.2) is 22.7 Å². The SMILES string of the molecule is CCC(=O)c1nnn(-c2ccc(Br)c(C)c2)c1CC. The van der Waals surface area contributed by atoms with Crippen LogP contribution in [-0.4, -0.2) is 20.8 Å². The number of rotatable bonds is 4. The first-order valence-corrected chi connectivity index (χ1v) is 7.12. The number of aromatic nitrogens is 3. The second kappa shape index (κ2) is 5.65. The maximum atomic E-state index is 11.8. The molecule has 0 aliphatic rings. The van der Waals surface area contributed by atoms with E-state index >= 15 is 0 Å². The monoisotopic (exact) mass is 321 g/mol. The molecule has 0 N–H and O–H groups in total. The van der Waals surface area contributed by atoms with Gasteiger partial charge in [-0.2, -0.15) is 0 Å². The Bertz CT molecular complexity index is 619. The molecular weight excluding hydrogens is 306 g/mol. The minimum atomic E-state index is 0.0388. The summed E-state index contributed by atoms with van der Waals surface area (Å²) < 4.78 is 2.81. The molecule has 0 spiro atoms. The van der Waals surface area contributed by atoms with Crippen LogP contribution in [0.2, 0.25) is 0 Å². The van der Waals surface area contributed by atoms with E-state index in [1.165, 1.54) is 0 Å². The molecule has 5 heteroatoms. The molecule has 0 bridgehead atoms. The Morgan fingerprint density at radius 3 is 2.68 bits per heavy atom. The Hall–Kier alpha value is -1.49. The van der Waals surface area contributed by atoms with Crippen molar-refractivity contribution in [1.29, 1.82) is 0 Å². The van der Waals surface area contributed by atoms with Gasteiger partial charge in [0.1, 0.15) is 0 Å². The first-order valence-electron chi connectivity index (χ1n) is 6.32. The van der Waals surface area contributed by atoms with Crippen LogP contribution in [0.5, 0.6) is 0 Å². The largest absolute Gasteiger partial charge is 0.292 e. The minimum absolute atomic E-state index is 0.0388. The number of hydrogen-bond donors (Lipinski definition) is 0. The third kappa shape index (κ3) is 2.61. The fourth-order valence-corrected chi connectivity index (χ4v) is 2.22. The molecule has 0 aliphatic heterocycles. The van der Waals surface area contributed by atoms with Crippen molar-refractivity contribution in [3.05, 3.63) is 39.6 Å². The summed E-state index contributed by atoms with van der Waals surface area (Å²) in [5.41, 5.74) is 3.41. The molecule has 0 radical (unpaired) electrons. The molecular formula is C14H16BrN3O. The molecule has 0 saturated heterocycles. The maximum absolute atomic E-state index is 11.8. The van der Waals surface area contributed by atoms with E-state index in [1.807, 2.05) is 39.0 Å². The van der Waals surface area contributed by atoms with Gasteiger partial charge < -0.3 is 0 Å². The Morgan fingerprint density at radius 1 is 1.37 bits per heavy atom. The molecule has 19 heavy (non-hydrogen) atoms. The second-order valence-electron chi connectivity index (χ2n) is 4.36. The summed E-state index contributed by atoms with van der Waals surface area (Å²) in [6.45, 7) is 5.87. The van der Waals surface area contributed by atoms with Gasteiger partial charge in [0, 0.05) is 10.9 Å². The number of Topliss-reactive ketones (excluding diaryl/α,β-unsaturated/α-hetero) is 1. The van der Waals surface area contributed by atoms with Gasteiger partial charge in [0.15, 0.2) is 11.5 Å². The van der Waals surface area contributed by atoms with E-state index in [9.17, 15) is 4.79 Å². The van der Waals surface area contributed by atoms with E-state index in [2.05, 4.69) is 26.2 Å². The van der Waals surface area contributed by atoms with Crippen LogP contribution in [-0.2, 0) is 6.42 Å². The third-order valence-corrected chi connectivity index (χ3v) is 3.96. The standard InChI is InChI=1S/C14H16BrN3O/c1-4-12-14(13(19)5-2)16-17-18(12)10-6-7-11(15)9(3)8-10/h6-8H,4-5H2,1-3H3. The lowest BCUT2D eigenvalue weighted by Gasteiger charge is -2.07. The van der Waals surface area contributed by atoms with Gasteiger partial charge in [0.2, 0.25) is 0 Å². The van der Waals surface area contributed by atoms with Crippen LogP contribution in [0.3, 0.4) is 0 Å². The molecule has 1 aromatic heterocycles. The van der Waals surface area contributed by atoms with Crippen molar-refractivity contribution in [3.63, 3.8) is 0 Å². The Balaban J connectivity index is 2.53. The highest BCUT2D eigenvalue weighted by Crippen LogP contribution is 2.21. The number of halogens is 1. The maximum Gasteiger partial charge on any atom is 0.184 e. The molecule has 0 aliphatic carbocycles. The molecule has 2 rings (SSSR count). The number of carbonyl (C=O) groups excluding carboxylic acids is 1. The van der Waals surface area contributed by atoms with Crippen molar-refractivity contribution in [2.24, 2.45) is 0 Å². The van der Waals surface area contributed by atoms with Crippen molar-refractivity contribution in [2.45, 2.75) is 33.6 Å². The average molecular weight is 322 g/mol. The van der Waals surface area contributed by atoms with Crippen molar-refractivity contribution < 1.29 is 4.79 Å². The number of nitrogens with zero attached hydrogens (tertiary/aromatic N) is 3. The van der Waals surface area contributed by atoms with Crippen LogP contribution in [0.4, 0.5) is 0 Å². The molecule has 0 unspecified atom stereocenters. The first kappa shape index (κ1) is 13.9. The molecule has 1 heterocycles. The van der Waals surface area contributed by atoms with Gasteiger partial charge in [-0.05, 0) is 37.1 Å².